The van der Waals surface area contributed by atoms with Crippen LogP contribution in [0.25, 0.3) is 0 Å². The summed E-state index contributed by atoms with van der Waals surface area (Å²) < 4.78 is 5.60. The third-order valence-electron chi connectivity index (χ3n) is 2.86. The summed E-state index contributed by atoms with van der Waals surface area (Å²) >= 11 is 0. The highest BCUT2D eigenvalue weighted by Crippen LogP contribution is 2.32. The van der Waals surface area contributed by atoms with Gasteiger partial charge in [-0.05, 0) is 17.7 Å². The molecule has 86 valence electrons. The largest absolute Gasteiger partial charge is 0.491 e. The number of carbonyl (C=O) groups excluding carboxylic acids is 1. The number of ether oxygens (including phenoxy) is 1. The van der Waals surface area contributed by atoms with Gasteiger partial charge in [-0.2, -0.15) is 0 Å². The molecule has 2 rings (SSSR count). The second-order valence-corrected chi connectivity index (χ2v) is 4.12. The van der Waals surface area contributed by atoms with Crippen molar-refractivity contribution in [3.8, 4) is 5.75 Å². The van der Waals surface area contributed by atoms with Gasteiger partial charge in [-0.3, -0.25) is 4.79 Å². The number of hydrogen-bond acceptors (Lipinski definition) is 3. The smallest absolute Gasteiger partial charge is 0.233 e. The van der Waals surface area contributed by atoms with Crippen molar-refractivity contribution in [2.75, 3.05) is 18.6 Å². The van der Waals surface area contributed by atoms with Crippen LogP contribution in [0.1, 0.15) is 12.5 Å². The molecule has 0 bridgehead atoms. The quantitative estimate of drug-likeness (QED) is 0.772. The predicted octanol–water partition coefficient (Wildman–Crippen LogP) is 1.14. The standard InChI is InChI=1S/C12H16N2O2/c1-8-7-16-11-4-3-9(6-13)5-10(11)14(2)12(8)15/h3-5,8H,6-7,13H2,1-2H3. The van der Waals surface area contributed by atoms with Crippen LogP contribution in [-0.2, 0) is 11.3 Å². The summed E-state index contributed by atoms with van der Waals surface area (Å²) in [6, 6.07) is 5.71. The Labute approximate surface area is 95.0 Å². The summed E-state index contributed by atoms with van der Waals surface area (Å²) in [5, 5.41) is 0. The van der Waals surface area contributed by atoms with Gasteiger partial charge in [-0.1, -0.05) is 13.0 Å². The molecule has 1 aromatic rings. The summed E-state index contributed by atoms with van der Waals surface area (Å²) in [6.07, 6.45) is 0. The first-order valence-corrected chi connectivity index (χ1v) is 5.37. The molecule has 1 heterocycles. The lowest BCUT2D eigenvalue weighted by Crippen LogP contribution is -2.31. The van der Waals surface area contributed by atoms with E-state index in [1.54, 1.807) is 11.9 Å². The SMILES string of the molecule is CC1COc2ccc(CN)cc2N(C)C1=O. The van der Waals surface area contributed by atoms with E-state index >= 15 is 0 Å². The van der Waals surface area contributed by atoms with Gasteiger partial charge in [-0.15, -0.1) is 0 Å². The minimum Gasteiger partial charge on any atom is -0.491 e. The first-order valence-electron chi connectivity index (χ1n) is 5.37. The van der Waals surface area contributed by atoms with Gasteiger partial charge in [0.15, 0.2) is 0 Å². The molecule has 0 radical (unpaired) electrons. The van der Waals surface area contributed by atoms with Crippen molar-refractivity contribution in [2.45, 2.75) is 13.5 Å². The highest BCUT2D eigenvalue weighted by Gasteiger charge is 2.25. The number of rotatable bonds is 1. The van der Waals surface area contributed by atoms with Gasteiger partial charge in [0.05, 0.1) is 18.2 Å². The van der Waals surface area contributed by atoms with Crippen LogP contribution < -0.4 is 15.4 Å². The van der Waals surface area contributed by atoms with E-state index in [1.165, 1.54) is 0 Å². The maximum Gasteiger partial charge on any atom is 0.233 e. The lowest BCUT2D eigenvalue weighted by atomic mass is 10.1. The molecular weight excluding hydrogens is 204 g/mol. The van der Waals surface area contributed by atoms with Gasteiger partial charge in [0, 0.05) is 13.6 Å². The maximum absolute atomic E-state index is 11.9. The summed E-state index contributed by atoms with van der Waals surface area (Å²) in [4.78, 5) is 13.6. The fraction of sp³-hybridized carbons (Fsp3) is 0.417. The van der Waals surface area contributed by atoms with Gasteiger partial charge in [0.1, 0.15) is 5.75 Å². The van der Waals surface area contributed by atoms with E-state index in [9.17, 15) is 4.79 Å². The summed E-state index contributed by atoms with van der Waals surface area (Å²) in [7, 11) is 1.77. The number of benzene rings is 1. The molecule has 1 atom stereocenters. The Morgan fingerprint density at radius 1 is 1.56 bits per heavy atom. The second kappa shape index (κ2) is 4.14. The molecule has 4 heteroatoms. The molecule has 1 amide bonds. The van der Waals surface area contributed by atoms with E-state index in [1.807, 2.05) is 25.1 Å². The lowest BCUT2D eigenvalue weighted by molar-refractivity contribution is -0.122. The molecule has 1 unspecified atom stereocenters. The Morgan fingerprint density at radius 3 is 3.00 bits per heavy atom. The van der Waals surface area contributed by atoms with Gasteiger partial charge in [0.25, 0.3) is 0 Å². The predicted molar refractivity (Wildman–Crippen MR) is 62.4 cm³/mol. The Bertz CT molecular complexity index is 417. The number of amides is 1. The molecule has 2 N–H and O–H groups in total. The normalized spacial score (nSPS) is 20.1. The second-order valence-electron chi connectivity index (χ2n) is 4.12. The van der Waals surface area contributed by atoms with Crippen LogP contribution in [0.3, 0.4) is 0 Å². The molecule has 0 saturated carbocycles. The van der Waals surface area contributed by atoms with E-state index in [2.05, 4.69) is 0 Å². The highest BCUT2D eigenvalue weighted by molar-refractivity contribution is 5.96. The molecular formula is C12H16N2O2. The van der Waals surface area contributed by atoms with Crippen molar-refractivity contribution < 1.29 is 9.53 Å². The van der Waals surface area contributed by atoms with Crippen LogP contribution in [0.2, 0.25) is 0 Å². The van der Waals surface area contributed by atoms with Crippen molar-refractivity contribution in [2.24, 2.45) is 11.7 Å². The number of nitrogens with zero attached hydrogens (tertiary/aromatic N) is 1. The molecule has 4 nitrogen and oxygen atoms in total. The average Bonchev–Trinajstić information content (AvgIpc) is 2.42. The third kappa shape index (κ3) is 1.76. The van der Waals surface area contributed by atoms with Crippen molar-refractivity contribution in [1.82, 2.24) is 0 Å². The molecule has 1 aromatic carbocycles. The van der Waals surface area contributed by atoms with E-state index in [4.69, 9.17) is 10.5 Å². The number of carbonyl (C=O) groups is 1. The molecule has 0 saturated heterocycles. The van der Waals surface area contributed by atoms with E-state index < -0.39 is 0 Å². The molecule has 16 heavy (non-hydrogen) atoms. The number of nitrogens with two attached hydrogens (primary N) is 1. The van der Waals surface area contributed by atoms with Crippen LogP contribution in [0.15, 0.2) is 18.2 Å². The van der Waals surface area contributed by atoms with Crippen molar-refractivity contribution in [3.05, 3.63) is 23.8 Å². The van der Waals surface area contributed by atoms with Crippen LogP contribution in [0.4, 0.5) is 5.69 Å². The van der Waals surface area contributed by atoms with Crippen LogP contribution in [-0.4, -0.2) is 19.6 Å². The fourth-order valence-electron chi connectivity index (χ4n) is 1.81. The molecule has 0 aliphatic carbocycles. The number of fused-ring (bicyclic) bond motifs is 1. The Morgan fingerprint density at radius 2 is 2.31 bits per heavy atom. The van der Waals surface area contributed by atoms with Crippen LogP contribution in [0.5, 0.6) is 5.75 Å². The van der Waals surface area contributed by atoms with Crippen LogP contribution in [0, 0.1) is 5.92 Å². The average molecular weight is 220 g/mol. The first-order chi connectivity index (χ1) is 7.63. The highest BCUT2D eigenvalue weighted by atomic mass is 16.5. The first kappa shape index (κ1) is 11.0. The molecule has 1 aliphatic heterocycles. The Kier molecular flexibility index (Phi) is 2.83. The Balaban J connectivity index is 2.45. The minimum atomic E-state index is -0.112. The van der Waals surface area contributed by atoms with Gasteiger partial charge in [-0.25, -0.2) is 0 Å². The Hall–Kier alpha value is -1.55. The zero-order valence-corrected chi connectivity index (χ0v) is 9.56. The van der Waals surface area contributed by atoms with Crippen LogP contribution >= 0.6 is 0 Å². The van der Waals surface area contributed by atoms with Gasteiger partial charge >= 0.3 is 0 Å². The zero-order valence-electron chi connectivity index (χ0n) is 9.56. The van der Waals surface area contributed by atoms with Crippen molar-refractivity contribution >= 4 is 11.6 Å². The summed E-state index contributed by atoms with van der Waals surface area (Å²) in [5.74, 6) is 0.712. The minimum absolute atomic E-state index is 0.0768. The van der Waals surface area contributed by atoms with Gasteiger partial charge < -0.3 is 15.4 Å². The maximum atomic E-state index is 11.9. The summed E-state index contributed by atoms with van der Waals surface area (Å²) in [6.45, 7) is 2.76. The number of anilines is 1. The third-order valence-corrected chi connectivity index (χ3v) is 2.86. The molecule has 0 aromatic heterocycles. The fourth-order valence-corrected chi connectivity index (χ4v) is 1.81. The van der Waals surface area contributed by atoms with E-state index in [-0.39, 0.29) is 11.8 Å². The van der Waals surface area contributed by atoms with E-state index in [0.717, 1.165) is 17.0 Å². The monoisotopic (exact) mass is 220 g/mol. The number of hydrogen-bond donors (Lipinski definition) is 1. The lowest BCUT2D eigenvalue weighted by Gasteiger charge is -2.18. The molecule has 0 spiro atoms. The molecule has 0 fully saturated rings. The molecule has 1 aliphatic rings. The van der Waals surface area contributed by atoms with Crippen molar-refractivity contribution in [3.63, 3.8) is 0 Å². The summed E-state index contributed by atoms with van der Waals surface area (Å²) in [5.41, 5.74) is 7.39. The zero-order chi connectivity index (χ0) is 11.7. The van der Waals surface area contributed by atoms with Gasteiger partial charge in [0.2, 0.25) is 5.91 Å². The van der Waals surface area contributed by atoms with E-state index in [0.29, 0.717) is 13.2 Å². The van der Waals surface area contributed by atoms with Crippen molar-refractivity contribution in [1.29, 1.82) is 0 Å². The topological polar surface area (TPSA) is 55.6 Å².